The molecule has 0 spiro atoms. The lowest BCUT2D eigenvalue weighted by Gasteiger charge is -2.26. The van der Waals surface area contributed by atoms with Crippen LogP contribution >= 0.6 is 0 Å². The van der Waals surface area contributed by atoms with Gasteiger partial charge in [0, 0.05) is 12.6 Å². The molecule has 0 radical (unpaired) electrons. The number of aromatic nitrogens is 3. The van der Waals surface area contributed by atoms with Crippen LogP contribution in [-0.2, 0) is 34.6 Å². The summed E-state index contributed by atoms with van der Waals surface area (Å²) in [5.41, 5.74) is 9.51. The normalized spacial score (nSPS) is 13.4. The molecule has 1 heterocycles. The van der Waals surface area contributed by atoms with Gasteiger partial charge in [-0.15, -0.1) is 5.10 Å². The van der Waals surface area contributed by atoms with Gasteiger partial charge in [-0.2, -0.15) is 0 Å². The van der Waals surface area contributed by atoms with E-state index in [1.165, 1.54) is 33.4 Å². The molecule has 190 valence electrons. The molecule has 3 aromatic rings. The van der Waals surface area contributed by atoms with Crippen LogP contribution in [0, 0.1) is 0 Å². The number of nitrogens with zero attached hydrogens (tertiary/aromatic N) is 3. The first-order valence-corrected chi connectivity index (χ1v) is 13.0. The first kappa shape index (κ1) is 27.2. The molecule has 0 saturated carbocycles. The van der Waals surface area contributed by atoms with Gasteiger partial charge in [-0.1, -0.05) is 125 Å². The first-order chi connectivity index (χ1) is 15.8. The van der Waals surface area contributed by atoms with Gasteiger partial charge >= 0.3 is 0 Å². The van der Waals surface area contributed by atoms with E-state index in [0.717, 1.165) is 18.7 Å². The van der Waals surface area contributed by atoms with Gasteiger partial charge in [0.1, 0.15) is 0 Å². The molecule has 0 aliphatic carbocycles. The molecule has 0 bridgehead atoms. The van der Waals surface area contributed by atoms with Crippen molar-refractivity contribution in [2.75, 3.05) is 0 Å². The van der Waals surface area contributed by atoms with E-state index in [2.05, 4.69) is 136 Å². The smallest absolute Gasteiger partial charge is 0.0871 e. The highest BCUT2D eigenvalue weighted by atomic mass is 15.4. The number of benzene rings is 2. The number of hydrogen-bond donors (Lipinski definition) is 0. The molecule has 2 aromatic carbocycles. The van der Waals surface area contributed by atoms with Crippen molar-refractivity contribution < 1.29 is 0 Å². The molecular formula is C32H47N3. The van der Waals surface area contributed by atoms with Gasteiger partial charge in [-0.05, 0) is 55.0 Å². The summed E-state index contributed by atoms with van der Waals surface area (Å²) in [6.07, 6.45) is 2.91. The van der Waals surface area contributed by atoms with Crippen LogP contribution in [0.15, 0.2) is 42.6 Å². The molecule has 0 unspecified atom stereocenters. The van der Waals surface area contributed by atoms with Gasteiger partial charge in [0.2, 0.25) is 0 Å². The third-order valence-corrected chi connectivity index (χ3v) is 6.77. The highest BCUT2D eigenvalue weighted by Gasteiger charge is 2.22. The number of rotatable bonds is 4. The average Bonchev–Trinajstić information content (AvgIpc) is 3.11. The Labute approximate surface area is 214 Å². The summed E-state index contributed by atoms with van der Waals surface area (Å²) in [6.45, 7) is 28.1. The van der Waals surface area contributed by atoms with Crippen LogP contribution in [0.5, 0.6) is 0 Å². The van der Waals surface area contributed by atoms with Crippen molar-refractivity contribution in [3.05, 3.63) is 81.7 Å². The Morgan fingerprint density at radius 1 is 0.543 bits per heavy atom. The lowest BCUT2D eigenvalue weighted by atomic mass is 9.79. The molecule has 0 atom stereocenters. The van der Waals surface area contributed by atoms with Crippen molar-refractivity contribution in [2.24, 2.45) is 0 Å². The largest absolute Gasteiger partial charge is 0.248 e. The zero-order valence-corrected chi connectivity index (χ0v) is 24.3. The van der Waals surface area contributed by atoms with Gasteiger partial charge in [0.05, 0.1) is 12.2 Å². The summed E-state index contributed by atoms with van der Waals surface area (Å²) < 4.78 is 1.99. The quantitative estimate of drug-likeness (QED) is 0.383. The van der Waals surface area contributed by atoms with Gasteiger partial charge in [0.15, 0.2) is 0 Å². The van der Waals surface area contributed by atoms with Crippen LogP contribution in [0.25, 0.3) is 0 Å². The monoisotopic (exact) mass is 473 g/mol. The summed E-state index contributed by atoms with van der Waals surface area (Å²) in [6, 6.07) is 14.1. The molecule has 0 saturated heterocycles. The van der Waals surface area contributed by atoms with E-state index in [1.807, 2.05) is 4.68 Å². The number of hydrogen-bond acceptors (Lipinski definition) is 2. The summed E-state index contributed by atoms with van der Waals surface area (Å²) in [7, 11) is 0. The minimum absolute atomic E-state index is 0.104. The second kappa shape index (κ2) is 9.22. The molecule has 3 rings (SSSR count). The van der Waals surface area contributed by atoms with E-state index in [4.69, 9.17) is 0 Å². The lowest BCUT2D eigenvalue weighted by molar-refractivity contribution is 0.563. The maximum Gasteiger partial charge on any atom is 0.0871 e. The van der Waals surface area contributed by atoms with E-state index in [1.54, 1.807) is 0 Å². The van der Waals surface area contributed by atoms with Crippen LogP contribution in [0.4, 0.5) is 0 Å². The lowest BCUT2D eigenvalue weighted by Crippen LogP contribution is -2.17. The Morgan fingerprint density at radius 2 is 0.914 bits per heavy atom. The van der Waals surface area contributed by atoms with Gasteiger partial charge in [-0.3, -0.25) is 0 Å². The zero-order valence-electron chi connectivity index (χ0n) is 24.3. The third-order valence-electron chi connectivity index (χ3n) is 6.77. The van der Waals surface area contributed by atoms with E-state index in [-0.39, 0.29) is 21.7 Å². The Morgan fingerprint density at radius 3 is 1.29 bits per heavy atom. The Bertz CT molecular complexity index is 1010. The van der Waals surface area contributed by atoms with Crippen molar-refractivity contribution >= 4 is 0 Å². The standard InChI is InChI=1S/C32H47N3/c1-29(2,3)24-13-22(14-25(18-24)30(4,5)6)17-28-21-35(34-33-28)20-23-15-26(31(7,8)9)19-27(16-23)32(10,11)12/h13-16,18-19,21H,17,20H2,1-12H3. The van der Waals surface area contributed by atoms with Gasteiger partial charge < -0.3 is 0 Å². The molecule has 0 aliphatic heterocycles. The summed E-state index contributed by atoms with van der Waals surface area (Å²) >= 11 is 0. The predicted molar refractivity (Wildman–Crippen MR) is 150 cm³/mol. The van der Waals surface area contributed by atoms with Crippen molar-refractivity contribution in [1.29, 1.82) is 0 Å². The fourth-order valence-electron chi connectivity index (χ4n) is 4.20. The predicted octanol–water partition coefficient (Wildman–Crippen LogP) is 8.11. The van der Waals surface area contributed by atoms with Gasteiger partial charge in [0.25, 0.3) is 0 Å². The van der Waals surface area contributed by atoms with E-state index in [9.17, 15) is 0 Å². The Hall–Kier alpha value is -2.42. The fraction of sp³-hybridized carbons (Fsp3) is 0.562. The maximum atomic E-state index is 4.55. The van der Waals surface area contributed by atoms with Gasteiger partial charge in [-0.25, -0.2) is 4.68 Å². The van der Waals surface area contributed by atoms with E-state index < -0.39 is 0 Å². The zero-order chi connectivity index (χ0) is 26.4. The second-order valence-corrected chi connectivity index (χ2v) is 14.4. The molecular weight excluding hydrogens is 426 g/mol. The molecule has 1 aromatic heterocycles. The summed E-state index contributed by atoms with van der Waals surface area (Å²) in [5, 5.41) is 9.05. The molecule has 0 fully saturated rings. The molecule has 0 aliphatic rings. The van der Waals surface area contributed by atoms with Crippen molar-refractivity contribution in [3.8, 4) is 0 Å². The van der Waals surface area contributed by atoms with Crippen molar-refractivity contribution in [3.63, 3.8) is 0 Å². The summed E-state index contributed by atoms with van der Waals surface area (Å²) in [5.74, 6) is 0. The molecule has 35 heavy (non-hydrogen) atoms. The van der Waals surface area contributed by atoms with Crippen LogP contribution in [0.2, 0.25) is 0 Å². The third kappa shape index (κ3) is 7.06. The Kier molecular flexibility index (Phi) is 7.16. The van der Waals surface area contributed by atoms with Crippen LogP contribution in [0.3, 0.4) is 0 Å². The topological polar surface area (TPSA) is 30.7 Å². The SMILES string of the molecule is CC(C)(C)c1cc(Cc2cn(Cc3cc(C(C)(C)C)cc(C(C)(C)C)c3)nn2)cc(C(C)(C)C)c1. The fourth-order valence-corrected chi connectivity index (χ4v) is 4.20. The average molecular weight is 474 g/mol. The first-order valence-electron chi connectivity index (χ1n) is 13.0. The minimum atomic E-state index is 0.104. The molecule has 3 nitrogen and oxygen atoms in total. The van der Waals surface area contributed by atoms with E-state index in [0.29, 0.717) is 0 Å². The van der Waals surface area contributed by atoms with Crippen molar-refractivity contribution in [2.45, 2.75) is 118 Å². The second-order valence-electron chi connectivity index (χ2n) is 14.4. The highest BCUT2D eigenvalue weighted by Crippen LogP contribution is 2.32. The van der Waals surface area contributed by atoms with Crippen molar-refractivity contribution in [1.82, 2.24) is 15.0 Å². The van der Waals surface area contributed by atoms with Crippen LogP contribution in [-0.4, -0.2) is 15.0 Å². The Balaban J connectivity index is 1.90. The van der Waals surface area contributed by atoms with Crippen LogP contribution in [0.1, 0.15) is 122 Å². The maximum absolute atomic E-state index is 4.55. The van der Waals surface area contributed by atoms with E-state index >= 15 is 0 Å². The summed E-state index contributed by atoms with van der Waals surface area (Å²) in [4.78, 5) is 0. The highest BCUT2D eigenvalue weighted by molar-refractivity contribution is 5.39. The molecule has 0 amide bonds. The van der Waals surface area contributed by atoms with Crippen LogP contribution < -0.4 is 0 Å². The molecule has 0 N–H and O–H groups in total. The molecule has 3 heteroatoms. The minimum Gasteiger partial charge on any atom is -0.248 e.